The van der Waals surface area contributed by atoms with E-state index in [4.69, 9.17) is 5.11 Å². The lowest BCUT2D eigenvalue weighted by molar-refractivity contribution is 0.132. The van der Waals surface area contributed by atoms with E-state index in [2.05, 4.69) is 15.7 Å². The molecule has 2 rings (SSSR count). The van der Waals surface area contributed by atoms with E-state index in [0.717, 1.165) is 49.4 Å². The Morgan fingerprint density at radius 1 is 1.57 bits per heavy atom. The third-order valence-electron chi connectivity index (χ3n) is 3.86. The molecule has 0 aromatic carbocycles. The number of carbonyl (C=O) groups is 1. The third-order valence-corrected chi connectivity index (χ3v) is 4.89. The molecule has 2 heterocycles. The summed E-state index contributed by atoms with van der Waals surface area (Å²) in [5.74, 6) is 0. The van der Waals surface area contributed by atoms with Crippen molar-refractivity contribution < 1.29 is 9.90 Å². The minimum Gasteiger partial charge on any atom is -0.396 e. The molecule has 1 unspecified atom stereocenters. The Morgan fingerprint density at radius 3 is 3.14 bits per heavy atom. The number of likely N-dealkylation sites (tertiary alicyclic amines) is 1. The van der Waals surface area contributed by atoms with Crippen molar-refractivity contribution in [2.45, 2.75) is 51.5 Å². The maximum atomic E-state index is 12.2. The molecule has 5 nitrogen and oxygen atoms in total. The minimum absolute atomic E-state index is 0.0171. The summed E-state index contributed by atoms with van der Waals surface area (Å²) in [5.41, 5.74) is 1.07. The summed E-state index contributed by atoms with van der Waals surface area (Å²) in [5, 5.41) is 15.3. The number of hydrogen-bond donors (Lipinski definition) is 2. The molecule has 2 amide bonds. The van der Waals surface area contributed by atoms with Gasteiger partial charge in [0.15, 0.2) is 0 Å². The molecule has 6 heteroatoms. The predicted octanol–water partition coefficient (Wildman–Crippen LogP) is 2.33. The van der Waals surface area contributed by atoms with Crippen LogP contribution in [0.25, 0.3) is 0 Å². The molecule has 0 saturated carbocycles. The number of nitrogens with zero attached hydrogens (tertiary/aromatic N) is 2. The molecule has 0 spiro atoms. The lowest BCUT2D eigenvalue weighted by Gasteiger charge is -2.35. The number of amides is 2. The summed E-state index contributed by atoms with van der Waals surface area (Å²) >= 11 is 1.68. The zero-order valence-corrected chi connectivity index (χ0v) is 13.5. The van der Waals surface area contributed by atoms with Crippen LogP contribution in [0.1, 0.15) is 42.8 Å². The van der Waals surface area contributed by atoms with Crippen LogP contribution in [-0.4, -0.2) is 46.8 Å². The average Bonchev–Trinajstić information content (AvgIpc) is 2.90. The first-order valence-corrected chi connectivity index (χ1v) is 8.65. The molecule has 21 heavy (non-hydrogen) atoms. The summed E-state index contributed by atoms with van der Waals surface area (Å²) in [6.45, 7) is 3.64. The zero-order chi connectivity index (χ0) is 15.1. The Kier molecular flexibility index (Phi) is 6.45. The third kappa shape index (κ3) is 4.97. The molecule has 2 N–H and O–H groups in total. The number of aliphatic hydroxyl groups is 1. The number of hydrogen-bond acceptors (Lipinski definition) is 4. The Hall–Kier alpha value is -1.14. The first-order valence-electron chi connectivity index (χ1n) is 7.77. The Balaban J connectivity index is 1.70. The Bertz CT molecular complexity index is 448. The SMILES string of the molecule is Cc1csc(CCCNC(=O)N2CCCCC2CCO)n1. The van der Waals surface area contributed by atoms with Crippen LogP contribution in [0.5, 0.6) is 0 Å². The van der Waals surface area contributed by atoms with Gasteiger partial charge in [0.1, 0.15) is 0 Å². The van der Waals surface area contributed by atoms with Gasteiger partial charge in [-0.25, -0.2) is 9.78 Å². The number of urea groups is 1. The number of carbonyl (C=O) groups excluding carboxylic acids is 1. The van der Waals surface area contributed by atoms with Crippen molar-refractivity contribution >= 4 is 17.4 Å². The number of aromatic nitrogens is 1. The Labute approximate surface area is 130 Å². The fourth-order valence-corrected chi connectivity index (χ4v) is 3.59. The number of aryl methyl sites for hydroxylation is 2. The highest BCUT2D eigenvalue weighted by atomic mass is 32.1. The molecule has 1 aromatic rings. The van der Waals surface area contributed by atoms with Crippen LogP contribution in [0.3, 0.4) is 0 Å². The van der Waals surface area contributed by atoms with Crippen molar-refractivity contribution in [2.24, 2.45) is 0 Å². The lowest BCUT2D eigenvalue weighted by Crippen LogP contribution is -2.49. The number of thiazole rings is 1. The van der Waals surface area contributed by atoms with Crippen LogP contribution < -0.4 is 5.32 Å². The van der Waals surface area contributed by atoms with Gasteiger partial charge in [0, 0.05) is 43.2 Å². The van der Waals surface area contributed by atoms with E-state index in [9.17, 15) is 4.79 Å². The summed E-state index contributed by atoms with van der Waals surface area (Å²) < 4.78 is 0. The maximum absolute atomic E-state index is 12.2. The van der Waals surface area contributed by atoms with Crippen molar-refractivity contribution in [1.82, 2.24) is 15.2 Å². The second-order valence-electron chi connectivity index (χ2n) is 5.57. The van der Waals surface area contributed by atoms with Crippen LogP contribution in [-0.2, 0) is 6.42 Å². The van der Waals surface area contributed by atoms with E-state index < -0.39 is 0 Å². The van der Waals surface area contributed by atoms with E-state index in [-0.39, 0.29) is 18.7 Å². The molecule has 0 radical (unpaired) electrons. The fraction of sp³-hybridized carbons (Fsp3) is 0.733. The average molecular weight is 311 g/mol. The van der Waals surface area contributed by atoms with Crippen molar-refractivity contribution in [3.05, 3.63) is 16.1 Å². The first-order chi connectivity index (χ1) is 10.2. The predicted molar refractivity (Wildman–Crippen MR) is 84.6 cm³/mol. The van der Waals surface area contributed by atoms with E-state index >= 15 is 0 Å². The van der Waals surface area contributed by atoms with Crippen molar-refractivity contribution in [2.75, 3.05) is 19.7 Å². The molecule has 1 saturated heterocycles. The van der Waals surface area contributed by atoms with Gasteiger partial charge in [0.25, 0.3) is 0 Å². The molecule has 118 valence electrons. The quantitative estimate of drug-likeness (QED) is 0.793. The van der Waals surface area contributed by atoms with Gasteiger partial charge in [-0.3, -0.25) is 0 Å². The summed E-state index contributed by atoms with van der Waals surface area (Å²) in [7, 11) is 0. The van der Waals surface area contributed by atoms with Gasteiger partial charge in [0.05, 0.1) is 5.01 Å². The highest BCUT2D eigenvalue weighted by Crippen LogP contribution is 2.19. The normalized spacial score (nSPS) is 18.8. The molecule has 1 aliphatic heterocycles. The second kappa shape index (κ2) is 8.34. The molecule has 0 bridgehead atoms. The molecule has 0 aliphatic carbocycles. The molecule has 1 atom stereocenters. The van der Waals surface area contributed by atoms with Gasteiger partial charge in [-0.1, -0.05) is 0 Å². The smallest absolute Gasteiger partial charge is 0.317 e. The number of nitrogens with one attached hydrogen (secondary N) is 1. The molecule has 1 aromatic heterocycles. The Morgan fingerprint density at radius 2 is 2.43 bits per heavy atom. The van der Waals surface area contributed by atoms with Crippen molar-refractivity contribution in [3.63, 3.8) is 0 Å². The lowest BCUT2D eigenvalue weighted by atomic mass is 10.0. The summed E-state index contributed by atoms with van der Waals surface area (Å²) in [6, 6.07) is 0.217. The van der Waals surface area contributed by atoms with Gasteiger partial charge >= 0.3 is 6.03 Å². The van der Waals surface area contributed by atoms with E-state index in [1.54, 1.807) is 11.3 Å². The first kappa shape index (κ1) is 16.2. The monoisotopic (exact) mass is 311 g/mol. The van der Waals surface area contributed by atoms with E-state index in [0.29, 0.717) is 13.0 Å². The molecule has 1 fully saturated rings. The standard InChI is InChI=1S/C15H25N3O2S/c1-12-11-21-14(17-12)6-4-8-16-15(20)18-9-3-2-5-13(18)7-10-19/h11,13,19H,2-10H2,1H3,(H,16,20). The molecule has 1 aliphatic rings. The summed E-state index contributed by atoms with van der Waals surface area (Å²) in [6.07, 6.45) is 5.74. The number of piperidine rings is 1. The summed E-state index contributed by atoms with van der Waals surface area (Å²) in [4.78, 5) is 18.5. The topological polar surface area (TPSA) is 65.5 Å². The van der Waals surface area contributed by atoms with Gasteiger partial charge in [-0.05, 0) is 39.0 Å². The van der Waals surface area contributed by atoms with Crippen LogP contribution in [0.15, 0.2) is 5.38 Å². The van der Waals surface area contributed by atoms with Crippen LogP contribution in [0.2, 0.25) is 0 Å². The van der Waals surface area contributed by atoms with Crippen LogP contribution >= 0.6 is 11.3 Å². The van der Waals surface area contributed by atoms with E-state index in [1.807, 2.05) is 11.8 Å². The maximum Gasteiger partial charge on any atom is 0.317 e. The molecular formula is C15H25N3O2S. The molecular weight excluding hydrogens is 286 g/mol. The second-order valence-corrected chi connectivity index (χ2v) is 6.52. The van der Waals surface area contributed by atoms with Gasteiger partial charge in [-0.2, -0.15) is 0 Å². The van der Waals surface area contributed by atoms with Gasteiger partial charge < -0.3 is 15.3 Å². The highest BCUT2D eigenvalue weighted by Gasteiger charge is 2.25. The van der Waals surface area contributed by atoms with Crippen LogP contribution in [0.4, 0.5) is 4.79 Å². The largest absolute Gasteiger partial charge is 0.396 e. The fourth-order valence-electron chi connectivity index (χ4n) is 2.77. The van der Waals surface area contributed by atoms with Crippen molar-refractivity contribution in [3.8, 4) is 0 Å². The minimum atomic E-state index is 0.0171. The van der Waals surface area contributed by atoms with E-state index in [1.165, 1.54) is 0 Å². The highest BCUT2D eigenvalue weighted by molar-refractivity contribution is 7.09. The number of rotatable bonds is 6. The van der Waals surface area contributed by atoms with Gasteiger partial charge in [0.2, 0.25) is 0 Å². The number of aliphatic hydroxyl groups excluding tert-OH is 1. The van der Waals surface area contributed by atoms with Crippen molar-refractivity contribution in [1.29, 1.82) is 0 Å². The zero-order valence-electron chi connectivity index (χ0n) is 12.7. The van der Waals surface area contributed by atoms with Crippen LogP contribution in [0, 0.1) is 6.92 Å². The van der Waals surface area contributed by atoms with Gasteiger partial charge in [-0.15, -0.1) is 11.3 Å².